The Labute approximate surface area is 111 Å². The van der Waals surface area contributed by atoms with Crippen molar-refractivity contribution < 1.29 is 4.74 Å². The highest BCUT2D eigenvalue weighted by Crippen LogP contribution is 2.29. The van der Waals surface area contributed by atoms with E-state index in [1.165, 1.54) is 32.4 Å². The van der Waals surface area contributed by atoms with Gasteiger partial charge >= 0.3 is 0 Å². The lowest BCUT2D eigenvalue weighted by molar-refractivity contribution is 0.0299. The summed E-state index contributed by atoms with van der Waals surface area (Å²) in [4.78, 5) is 5.18. The Bertz CT molecular complexity index is 231. The van der Waals surface area contributed by atoms with Crippen LogP contribution in [0.5, 0.6) is 0 Å². The first-order valence-electron chi connectivity index (χ1n) is 7.59. The second-order valence-electron chi connectivity index (χ2n) is 5.58. The minimum atomic E-state index is 0.731. The first kappa shape index (κ1) is 14.3. The van der Waals surface area contributed by atoms with Gasteiger partial charge in [-0.1, -0.05) is 13.3 Å². The van der Waals surface area contributed by atoms with Gasteiger partial charge in [0.25, 0.3) is 0 Å². The van der Waals surface area contributed by atoms with E-state index in [9.17, 15) is 0 Å². The van der Waals surface area contributed by atoms with Crippen LogP contribution in [-0.2, 0) is 4.74 Å². The fourth-order valence-corrected chi connectivity index (χ4v) is 3.43. The molecule has 0 aromatic carbocycles. The number of rotatable bonds is 6. The number of nitrogens with two attached hydrogens (primary N) is 1. The highest BCUT2D eigenvalue weighted by atomic mass is 16.5. The summed E-state index contributed by atoms with van der Waals surface area (Å²) in [6.45, 7) is 10.7. The van der Waals surface area contributed by atoms with Crippen molar-refractivity contribution in [2.24, 2.45) is 11.7 Å². The first-order valence-corrected chi connectivity index (χ1v) is 7.59. The summed E-state index contributed by atoms with van der Waals surface area (Å²) < 4.78 is 5.40. The lowest BCUT2D eigenvalue weighted by Crippen LogP contribution is -2.46. The van der Waals surface area contributed by atoms with Crippen molar-refractivity contribution in [3.63, 3.8) is 0 Å². The smallest absolute Gasteiger partial charge is 0.0594 e. The molecule has 0 radical (unpaired) electrons. The Balaban J connectivity index is 1.77. The summed E-state index contributed by atoms with van der Waals surface area (Å²) in [5.74, 6) is 0.731. The molecule has 1 saturated heterocycles. The van der Waals surface area contributed by atoms with Crippen molar-refractivity contribution in [2.75, 3.05) is 52.5 Å². The van der Waals surface area contributed by atoms with Gasteiger partial charge in [0.05, 0.1) is 13.2 Å². The Hall–Kier alpha value is -0.160. The zero-order chi connectivity index (χ0) is 12.8. The van der Waals surface area contributed by atoms with Gasteiger partial charge in [-0.3, -0.25) is 9.80 Å². The SMILES string of the molecule is CCN(CCN1CCOCC1)C1CCCC1CN. The maximum Gasteiger partial charge on any atom is 0.0594 e. The van der Waals surface area contributed by atoms with E-state index in [2.05, 4.69) is 16.7 Å². The first-order chi connectivity index (χ1) is 8.85. The summed E-state index contributed by atoms with van der Waals surface area (Å²) in [6, 6.07) is 0.737. The predicted octanol–water partition coefficient (Wildman–Crippen LogP) is 0.768. The van der Waals surface area contributed by atoms with E-state index in [0.717, 1.165) is 51.4 Å². The van der Waals surface area contributed by atoms with E-state index in [4.69, 9.17) is 10.5 Å². The monoisotopic (exact) mass is 255 g/mol. The molecule has 2 N–H and O–H groups in total. The van der Waals surface area contributed by atoms with Crippen molar-refractivity contribution >= 4 is 0 Å². The van der Waals surface area contributed by atoms with Crippen LogP contribution in [0.25, 0.3) is 0 Å². The second-order valence-corrected chi connectivity index (χ2v) is 5.58. The van der Waals surface area contributed by atoms with E-state index in [-0.39, 0.29) is 0 Å². The van der Waals surface area contributed by atoms with Gasteiger partial charge in [-0.15, -0.1) is 0 Å². The molecule has 0 aromatic heterocycles. The van der Waals surface area contributed by atoms with Crippen molar-refractivity contribution in [3.8, 4) is 0 Å². The van der Waals surface area contributed by atoms with Gasteiger partial charge in [0.1, 0.15) is 0 Å². The molecule has 0 aromatic rings. The topological polar surface area (TPSA) is 41.7 Å². The minimum Gasteiger partial charge on any atom is -0.379 e. The Kier molecular flexibility index (Phi) is 5.89. The molecular formula is C14H29N3O. The van der Waals surface area contributed by atoms with E-state index in [0.29, 0.717) is 0 Å². The van der Waals surface area contributed by atoms with E-state index >= 15 is 0 Å². The molecule has 4 nitrogen and oxygen atoms in total. The van der Waals surface area contributed by atoms with Gasteiger partial charge in [-0.25, -0.2) is 0 Å². The Morgan fingerprint density at radius 3 is 2.72 bits per heavy atom. The third kappa shape index (κ3) is 3.67. The molecule has 2 unspecified atom stereocenters. The van der Waals surface area contributed by atoms with Crippen molar-refractivity contribution in [2.45, 2.75) is 32.2 Å². The zero-order valence-electron chi connectivity index (χ0n) is 11.8. The van der Waals surface area contributed by atoms with Gasteiger partial charge in [0.2, 0.25) is 0 Å². The van der Waals surface area contributed by atoms with E-state index in [1.807, 2.05) is 0 Å². The molecule has 0 bridgehead atoms. The third-order valence-electron chi connectivity index (χ3n) is 4.60. The summed E-state index contributed by atoms with van der Waals surface area (Å²) in [5, 5.41) is 0. The van der Waals surface area contributed by atoms with Gasteiger partial charge in [-0.05, 0) is 31.8 Å². The Morgan fingerprint density at radius 1 is 1.28 bits per heavy atom. The number of hydrogen-bond donors (Lipinski definition) is 1. The minimum absolute atomic E-state index is 0.731. The molecule has 2 aliphatic rings. The number of nitrogens with zero attached hydrogens (tertiary/aromatic N) is 2. The van der Waals surface area contributed by atoms with Crippen LogP contribution in [0.2, 0.25) is 0 Å². The average molecular weight is 255 g/mol. The summed E-state index contributed by atoms with van der Waals surface area (Å²) in [7, 11) is 0. The average Bonchev–Trinajstić information content (AvgIpc) is 2.89. The normalized spacial score (nSPS) is 30.2. The summed E-state index contributed by atoms with van der Waals surface area (Å²) in [6.07, 6.45) is 4.04. The summed E-state index contributed by atoms with van der Waals surface area (Å²) in [5.41, 5.74) is 5.90. The standard InChI is InChI=1S/C14H29N3O/c1-2-17(14-5-3-4-13(14)12-15)7-6-16-8-10-18-11-9-16/h13-14H,2-12,15H2,1H3. The molecule has 2 rings (SSSR count). The highest BCUT2D eigenvalue weighted by Gasteiger charge is 2.30. The van der Waals surface area contributed by atoms with Crippen LogP contribution in [0.15, 0.2) is 0 Å². The molecule has 1 aliphatic carbocycles. The highest BCUT2D eigenvalue weighted by molar-refractivity contribution is 4.86. The van der Waals surface area contributed by atoms with E-state index < -0.39 is 0 Å². The lowest BCUT2D eigenvalue weighted by atomic mass is 10.0. The van der Waals surface area contributed by atoms with Crippen LogP contribution < -0.4 is 5.73 Å². The quantitative estimate of drug-likeness (QED) is 0.761. The number of morpholine rings is 1. The van der Waals surface area contributed by atoms with Gasteiger partial charge in [0, 0.05) is 32.2 Å². The number of hydrogen-bond acceptors (Lipinski definition) is 4. The molecule has 106 valence electrons. The maximum absolute atomic E-state index is 5.90. The predicted molar refractivity (Wildman–Crippen MR) is 74.7 cm³/mol. The zero-order valence-corrected chi connectivity index (χ0v) is 11.8. The number of ether oxygens (including phenoxy) is 1. The van der Waals surface area contributed by atoms with E-state index in [1.54, 1.807) is 0 Å². The molecule has 2 fully saturated rings. The molecule has 2 atom stereocenters. The van der Waals surface area contributed by atoms with Crippen LogP contribution in [0.3, 0.4) is 0 Å². The number of likely N-dealkylation sites (N-methyl/N-ethyl adjacent to an activating group) is 1. The van der Waals surface area contributed by atoms with Crippen LogP contribution in [0.1, 0.15) is 26.2 Å². The largest absolute Gasteiger partial charge is 0.379 e. The fourth-order valence-electron chi connectivity index (χ4n) is 3.43. The van der Waals surface area contributed by atoms with Gasteiger partial charge in [0.15, 0.2) is 0 Å². The molecule has 18 heavy (non-hydrogen) atoms. The van der Waals surface area contributed by atoms with Crippen LogP contribution in [-0.4, -0.2) is 68.3 Å². The molecule has 0 spiro atoms. The lowest BCUT2D eigenvalue weighted by Gasteiger charge is -2.34. The molecular weight excluding hydrogens is 226 g/mol. The third-order valence-corrected chi connectivity index (χ3v) is 4.60. The second kappa shape index (κ2) is 7.43. The fraction of sp³-hybridized carbons (Fsp3) is 1.00. The van der Waals surface area contributed by atoms with Crippen molar-refractivity contribution in [1.29, 1.82) is 0 Å². The molecule has 1 aliphatic heterocycles. The van der Waals surface area contributed by atoms with Crippen molar-refractivity contribution in [3.05, 3.63) is 0 Å². The van der Waals surface area contributed by atoms with Gasteiger partial charge < -0.3 is 10.5 Å². The van der Waals surface area contributed by atoms with Crippen molar-refractivity contribution in [1.82, 2.24) is 9.80 Å². The maximum atomic E-state index is 5.90. The van der Waals surface area contributed by atoms with Crippen LogP contribution in [0.4, 0.5) is 0 Å². The molecule has 1 saturated carbocycles. The van der Waals surface area contributed by atoms with Crippen LogP contribution >= 0.6 is 0 Å². The molecule has 0 amide bonds. The van der Waals surface area contributed by atoms with Gasteiger partial charge in [-0.2, -0.15) is 0 Å². The summed E-state index contributed by atoms with van der Waals surface area (Å²) >= 11 is 0. The Morgan fingerprint density at radius 2 is 2.06 bits per heavy atom. The molecule has 4 heteroatoms. The molecule has 1 heterocycles. The van der Waals surface area contributed by atoms with Crippen LogP contribution in [0, 0.1) is 5.92 Å².